The predicted molar refractivity (Wildman–Crippen MR) is 64.6 cm³/mol. The normalized spacial score (nSPS) is 10.9. The molecule has 5 nitrogen and oxygen atoms in total. The summed E-state index contributed by atoms with van der Waals surface area (Å²) in [5.74, 6) is 0.379. The second kappa shape index (κ2) is 4.73. The molecule has 0 fully saturated rings. The van der Waals surface area contributed by atoms with E-state index in [4.69, 9.17) is 4.74 Å². The van der Waals surface area contributed by atoms with Crippen molar-refractivity contribution in [2.75, 3.05) is 5.32 Å². The number of nitrogens with one attached hydrogen (secondary N) is 1. The first-order chi connectivity index (χ1) is 6.87. The molecule has 0 aliphatic carbocycles. The van der Waals surface area contributed by atoms with Crippen LogP contribution in [0.5, 0.6) is 0 Å². The van der Waals surface area contributed by atoms with Crippen molar-refractivity contribution in [2.24, 2.45) is 0 Å². The van der Waals surface area contributed by atoms with Gasteiger partial charge in [0.2, 0.25) is 0 Å². The van der Waals surface area contributed by atoms with Gasteiger partial charge >= 0.3 is 6.09 Å². The summed E-state index contributed by atoms with van der Waals surface area (Å²) in [5, 5.41) is 10.1. The second-order valence-electron chi connectivity index (χ2n) is 3.87. The van der Waals surface area contributed by atoms with E-state index in [1.807, 2.05) is 22.6 Å². The average Bonchev–Trinajstić information content (AvgIpc) is 2.05. The Bertz CT molecular complexity index is 345. The van der Waals surface area contributed by atoms with Crippen molar-refractivity contribution in [2.45, 2.75) is 26.4 Å². The number of amides is 1. The molecule has 1 N–H and O–H groups in total. The molecular formula is C9H12IN3O2. The van der Waals surface area contributed by atoms with Gasteiger partial charge in [0.15, 0.2) is 5.82 Å². The van der Waals surface area contributed by atoms with Gasteiger partial charge in [0.05, 0.1) is 0 Å². The van der Waals surface area contributed by atoms with Crippen LogP contribution in [0.2, 0.25) is 0 Å². The summed E-state index contributed by atoms with van der Waals surface area (Å²) in [7, 11) is 0. The first kappa shape index (κ1) is 12.2. The Morgan fingerprint density at radius 3 is 2.53 bits per heavy atom. The zero-order valence-electron chi connectivity index (χ0n) is 8.74. The number of carbonyl (C=O) groups excluding carboxylic acids is 1. The second-order valence-corrected chi connectivity index (χ2v) is 4.97. The zero-order valence-corrected chi connectivity index (χ0v) is 10.9. The van der Waals surface area contributed by atoms with Crippen molar-refractivity contribution < 1.29 is 9.53 Å². The van der Waals surface area contributed by atoms with Crippen LogP contribution >= 0.6 is 22.6 Å². The fourth-order valence-electron chi connectivity index (χ4n) is 0.791. The minimum absolute atomic E-state index is 0.379. The van der Waals surface area contributed by atoms with Gasteiger partial charge in [0.25, 0.3) is 0 Å². The number of carbonyl (C=O) groups is 1. The van der Waals surface area contributed by atoms with Crippen LogP contribution < -0.4 is 5.32 Å². The molecule has 15 heavy (non-hydrogen) atoms. The van der Waals surface area contributed by atoms with Crippen molar-refractivity contribution in [3.05, 3.63) is 15.8 Å². The Balaban J connectivity index is 2.55. The van der Waals surface area contributed by atoms with E-state index in [2.05, 4.69) is 15.5 Å². The van der Waals surface area contributed by atoms with Crippen LogP contribution in [-0.2, 0) is 4.74 Å². The van der Waals surface area contributed by atoms with Crippen molar-refractivity contribution in [1.29, 1.82) is 0 Å². The largest absolute Gasteiger partial charge is 0.444 e. The van der Waals surface area contributed by atoms with Gasteiger partial charge in [-0.25, -0.2) is 4.79 Å². The Morgan fingerprint density at radius 1 is 1.40 bits per heavy atom. The minimum Gasteiger partial charge on any atom is -0.444 e. The van der Waals surface area contributed by atoms with Gasteiger partial charge < -0.3 is 4.74 Å². The third-order valence-electron chi connectivity index (χ3n) is 1.26. The molecule has 1 rings (SSSR count). The van der Waals surface area contributed by atoms with E-state index in [0.29, 0.717) is 5.82 Å². The molecule has 0 spiro atoms. The van der Waals surface area contributed by atoms with Gasteiger partial charge in [-0.1, -0.05) is 0 Å². The van der Waals surface area contributed by atoms with E-state index in [1.165, 1.54) is 0 Å². The lowest BCUT2D eigenvalue weighted by molar-refractivity contribution is 0.0635. The molecule has 0 aromatic carbocycles. The predicted octanol–water partition coefficient (Wildman–Crippen LogP) is 2.43. The molecule has 1 aromatic heterocycles. The molecule has 0 aliphatic rings. The standard InChI is InChI=1S/C9H12IN3O2/c1-9(2,3)15-8(14)11-7-5-4-6(10)12-13-7/h4-5H,1-3H3,(H,11,13,14). The summed E-state index contributed by atoms with van der Waals surface area (Å²) >= 11 is 2.03. The molecular weight excluding hydrogens is 309 g/mol. The van der Waals surface area contributed by atoms with Gasteiger partial charge in [-0.05, 0) is 55.5 Å². The fraction of sp³-hybridized carbons (Fsp3) is 0.444. The van der Waals surface area contributed by atoms with Crippen LogP contribution in [0.15, 0.2) is 12.1 Å². The van der Waals surface area contributed by atoms with Crippen LogP contribution in [0, 0.1) is 3.70 Å². The summed E-state index contributed by atoms with van der Waals surface area (Å²) in [5.41, 5.74) is -0.513. The average molecular weight is 321 g/mol. The quantitative estimate of drug-likeness (QED) is 0.807. The van der Waals surface area contributed by atoms with E-state index in [-0.39, 0.29) is 0 Å². The number of hydrogen-bond acceptors (Lipinski definition) is 4. The highest BCUT2D eigenvalue weighted by Gasteiger charge is 2.16. The Kier molecular flexibility index (Phi) is 3.83. The number of aromatic nitrogens is 2. The van der Waals surface area contributed by atoms with E-state index < -0.39 is 11.7 Å². The number of hydrogen-bond donors (Lipinski definition) is 1. The van der Waals surface area contributed by atoms with E-state index in [1.54, 1.807) is 32.9 Å². The molecule has 1 aromatic rings. The number of ether oxygens (including phenoxy) is 1. The molecule has 1 heterocycles. The lowest BCUT2D eigenvalue weighted by Gasteiger charge is -2.19. The third-order valence-corrected chi connectivity index (χ3v) is 1.84. The minimum atomic E-state index is -0.530. The van der Waals surface area contributed by atoms with Crippen molar-refractivity contribution in [3.63, 3.8) is 0 Å². The summed E-state index contributed by atoms with van der Waals surface area (Å²) in [6, 6.07) is 3.42. The van der Waals surface area contributed by atoms with Crippen LogP contribution in [0.25, 0.3) is 0 Å². The SMILES string of the molecule is CC(C)(C)OC(=O)Nc1ccc(I)nn1. The lowest BCUT2D eigenvalue weighted by Crippen LogP contribution is -2.27. The number of anilines is 1. The third kappa shape index (κ3) is 4.91. The smallest absolute Gasteiger partial charge is 0.413 e. The Labute approximate surface area is 102 Å². The number of nitrogens with zero attached hydrogens (tertiary/aromatic N) is 2. The van der Waals surface area contributed by atoms with Crippen LogP contribution in [0.3, 0.4) is 0 Å². The van der Waals surface area contributed by atoms with Crippen LogP contribution in [-0.4, -0.2) is 21.9 Å². The molecule has 0 aliphatic heterocycles. The highest BCUT2D eigenvalue weighted by atomic mass is 127. The van der Waals surface area contributed by atoms with Crippen molar-refractivity contribution >= 4 is 34.5 Å². The first-order valence-corrected chi connectivity index (χ1v) is 5.44. The topological polar surface area (TPSA) is 64.1 Å². The monoisotopic (exact) mass is 321 g/mol. The molecule has 82 valence electrons. The number of rotatable bonds is 1. The van der Waals surface area contributed by atoms with Crippen molar-refractivity contribution in [3.8, 4) is 0 Å². The van der Waals surface area contributed by atoms with Gasteiger partial charge in [0.1, 0.15) is 9.30 Å². The molecule has 1 amide bonds. The molecule has 0 unspecified atom stereocenters. The van der Waals surface area contributed by atoms with Gasteiger partial charge in [-0.2, -0.15) is 0 Å². The zero-order chi connectivity index (χ0) is 11.5. The molecule has 0 atom stereocenters. The highest BCUT2D eigenvalue weighted by Crippen LogP contribution is 2.09. The van der Waals surface area contributed by atoms with Gasteiger partial charge in [-0.15, -0.1) is 10.2 Å². The maximum atomic E-state index is 11.3. The maximum Gasteiger partial charge on any atom is 0.413 e. The summed E-state index contributed by atoms with van der Waals surface area (Å²) in [6.07, 6.45) is -0.530. The Morgan fingerprint density at radius 2 is 2.07 bits per heavy atom. The molecule has 6 heteroatoms. The number of halogens is 1. The summed E-state index contributed by atoms with van der Waals surface area (Å²) < 4.78 is 5.82. The fourth-order valence-corrected chi connectivity index (χ4v) is 1.08. The lowest BCUT2D eigenvalue weighted by atomic mass is 10.2. The van der Waals surface area contributed by atoms with Crippen LogP contribution in [0.1, 0.15) is 20.8 Å². The molecule has 0 saturated carbocycles. The molecule has 0 bridgehead atoms. The van der Waals surface area contributed by atoms with Gasteiger partial charge in [-0.3, -0.25) is 5.32 Å². The maximum absolute atomic E-state index is 11.3. The first-order valence-electron chi connectivity index (χ1n) is 4.36. The van der Waals surface area contributed by atoms with Crippen molar-refractivity contribution in [1.82, 2.24) is 10.2 Å². The van der Waals surface area contributed by atoms with Gasteiger partial charge in [0, 0.05) is 0 Å². The van der Waals surface area contributed by atoms with E-state index in [9.17, 15) is 4.79 Å². The van der Waals surface area contributed by atoms with E-state index in [0.717, 1.165) is 3.70 Å². The summed E-state index contributed by atoms with van der Waals surface area (Å²) in [4.78, 5) is 11.3. The van der Waals surface area contributed by atoms with Crippen LogP contribution in [0.4, 0.5) is 10.6 Å². The Hall–Kier alpha value is -0.920. The molecule has 0 radical (unpaired) electrons. The van der Waals surface area contributed by atoms with E-state index >= 15 is 0 Å². The molecule has 0 saturated heterocycles. The highest BCUT2D eigenvalue weighted by molar-refractivity contribution is 14.1. The summed E-state index contributed by atoms with van der Waals surface area (Å²) in [6.45, 7) is 5.39.